The first-order valence-electron chi connectivity index (χ1n) is 4.83. The Bertz CT molecular complexity index is 366. The van der Waals surface area contributed by atoms with Gasteiger partial charge in [0.2, 0.25) is 0 Å². The van der Waals surface area contributed by atoms with Gasteiger partial charge in [-0.15, -0.1) is 0 Å². The van der Waals surface area contributed by atoms with Crippen LogP contribution >= 0.6 is 0 Å². The Hall–Kier alpha value is -1.60. The van der Waals surface area contributed by atoms with Crippen LogP contribution in [0.25, 0.3) is 0 Å². The Kier molecular flexibility index (Phi) is 4.58. The van der Waals surface area contributed by atoms with Crippen LogP contribution < -0.4 is 4.90 Å². The molecule has 0 saturated heterocycles. The molecule has 1 rings (SSSR count). The van der Waals surface area contributed by atoms with Gasteiger partial charge < -0.3 is 10.0 Å². The van der Waals surface area contributed by atoms with Gasteiger partial charge in [-0.25, -0.2) is 9.97 Å². The maximum absolute atomic E-state index is 8.58. The monoisotopic (exact) mass is 205 g/mol. The average Bonchev–Trinajstić information content (AvgIpc) is 2.25. The van der Waals surface area contributed by atoms with Gasteiger partial charge in [-0.1, -0.05) is 5.92 Å². The van der Waals surface area contributed by atoms with Gasteiger partial charge in [0.25, 0.3) is 0 Å². The second-order valence-electron chi connectivity index (χ2n) is 3.28. The van der Waals surface area contributed by atoms with Crippen molar-refractivity contribution >= 4 is 5.82 Å². The molecule has 1 aromatic heterocycles. The number of anilines is 1. The van der Waals surface area contributed by atoms with Gasteiger partial charge >= 0.3 is 0 Å². The number of aromatic nitrogens is 2. The first-order chi connectivity index (χ1) is 7.24. The molecule has 0 unspecified atom stereocenters. The summed E-state index contributed by atoms with van der Waals surface area (Å²) in [4.78, 5) is 10.0. The van der Waals surface area contributed by atoms with Crippen LogP contribution in [-0.4, -0.2) is 35.8 Å². The summed E-state index contributed by atoms with van der Waals surface area (Å²) < 4.78 is 0. The number of aliphatic hydroxyl groups is 1. The van der Waals surface area contributed by atoms with E-state index in [1.54, 1.807) is 0 Å². The van der Waals surface area contributed by atoms with Crippen LogP contribution in [0.1, 0.15) is 18.5 Å². The van der Waals surface area contributed by atoms with Crippen LogP contribution in [0.4, 0.5) is 5.82 Å². The van der Waals surface area contributed by atoms with E-state index in [0.717, 1.165) is 5.82 Å². The molecule has 4 heteroatoms. The number of nitrogens with zero attached hydrogens (tertiary/aromatic N) is 3. The van der Waals surface area contributed by atoms with Gasteiger partial charge in [0, 0.05) is 33.2 Å². The fourth-order valence-electron chi connectivity index (χ4n) is 0.980. The van der Waals surface area contributed by atoms with E-state index in [1.807, 2.05) is 25.1 Å². The highest BCUT2D eigenvalue weighted by atomic mass is 16.2. The minimum atomic E-state index is 0.182. The number of aliphatic hydroxyl groups excluding tert-OH is 1. The lowest BCUT2D eigenvalue weighted by atomic mass is 10.3. The van der Waals surface area contributed by atoms with E-state index in [0.29, 0.717) is 18.5 Å². The molecule has 0 spiro atoms. The summed E-state index contributed by atoms with van der Waals surface area (Å²) in [5, 5.41) is 8.58. The van der Waals surface area contributed by atoms with Crippen LogP contribution in [-0.2, 0) is 0 Å². The van der Waals surface area contributed by atoms with E-state index in [4.69, 9.17) is 5.11 Å². The van der Waals surface area contributed by atoms with E-state index in [2.05, 4.69) is 21.8 Å². The van der Waals surface area contributed by atoms with E-state index >= 15 is 0 Å². The maximum atomic E-state index is 8.58. The zero-order valence-electron chi connectivity index (χ0n) is 9.06. The van der Waals surface area contributed by atoms with Crippen molar-refractivity contribution in [2.24, 2.45) is 0 Å². The zero-order chi connectivity index (χ0) is 11.1. The second-order valence-corrected chi connectivity index (χ2v) is 3.28. The van der Waals surface area contributed by atoms with Crippen LogP contribution in [0.3, 0.4) is 0 Å². The molecule has 1 heterocycles. The third-order valence-corrected chi connectivity index (χ3v) is 1.79. The van der Waals surface area contributed by atoms with Gasteiger partial charge in [0.15, 0.2) is 0 Å². The molecule has 0 aliphatic heterocycles. The summed E-state index contributed by atoms with van der Waals surface area (Å²) in [6.07, 6.45) is 2.90. The molecule has 0 fully saturated rings. The Labute approximate surface area is 90.0 Å². The second kappa shape index (κ2) is 5.99. The Morgan fingerprint density at radius 1 is 1.40 bits per heavy atom. The maximum Gasteiger partial charge on any atom is 0.132 e. The third-order valence-electron chi connectivity index (χ3n) is 1.79. The van der Waals surface area contributed by atoms with Crippen LogP contribution in [0.5, 0.6) is 0 Å². The van der Waals surface area contributed by atoms with Crippen molar-refractivity contribution in [2.45, 2.75) is 12.8 Å². The van der Waals surface area contributed by atoms with Gasteiger partial charge in [0.05, 0.1) is 0 Å². The van der Waals surface area contributed by atoms with Crippen molar-refractivity contribution in [1.82, 2.24) is 9.97 Å². The molecular weight excluding hydrogens is 190 g/mol. The SMILES string of the molecule is CN(C)c1cc(C#CCCCO)ncn1. The first-order valence-corrected chi connectivity index (χ1v) is 4.83. The van der Waals surface area contributed by atoms with E-state index in [1.165, 1.54) is 6.33 Å². The lowest BCUT2D eigenvalue weighted by molar-refractivity contribution is 0.290. The molecule has 0 amide bonds. The number of unbranched alkanes of at least 4 members (excludes halogenated alkanes) is 1. The van der Waals surface area contributed by atoms with Crippen molar-refractivity contribution in [3.8, 4) is 11.8 Å². The Balaban J connectivity index is 2.67. The van der Waals surface area contributed by atoms with Crippen molar-refractivity contribution in [2.75, 3.05) is 25.6 Å². The molecule has 0 radical (unpaired) electrons. The Morgan fingerprint density at radius 2 is 2.20 bits per heavy atom. The number of hydrogen-bond acceptors (Lipinski definition) is 4. The Morgan fingerprint density at radius 3 is 2.87 bits per heavy atom. The van der Waals surface area contributed by atoms with Gasteiger partial charge in [-0.05, 0) is 12.3 Å². The van der Waals surface area contributed by atoms with Gasteiger partial charge in [-0.3, -0.25) is 0 Å². The number of rotatable bonds is 3. The molecule has 4 nitrogen and oxygen atoms in total. The van der Waals surface area contributed by atoms with Crippen molar-refractivity contribution in [3.05, 3.63) is 18.1 Å². The topological polar surface area (TPSA) is 49.2 Å². The highest BCUT2D eigenvalue weighted by Crippen LogP contribution is 2.05. The summed E-state index contributed by atoms with van der Waals surface area (Å²) in [6.45, 7) is 0.182. The fraction of sp³-hybridized carbons (Fsp3) is 0.455. The van der Waals surface area contributed by atoms with E-state index < -0.39 is 0 Å². The van der Waals surface area contributed by atoms with Gasteiger partial charge in [0.1, 0.15) is 17.8 Å². The van der Waals surface area contributed by atoms with Gasteiger partial charge in [-0.2, -0.15) is 0 Å². The molecule has 0 aliphatic carbocycles. The van der Waals surface area contributed by atoms with Crippen molar-refractivity contribution in [3.63, 3.8) is 0 Å². The predicted molar refractivity (Wildman–Crippen MR) is 59.6 cm³/mol. The van der Waals surface area contributed by atoms with Crippen LogP contribution in [0.15, 0.2) is 12.4 Å². The molecule has 0 atom stereocenters. The largest absolute Gasteiger partial charge is 0.396 e. The zero-order valence-corrected chi connectivity index (χ0v) is 9.06. The predicted octanol–water partition coefficient (Wildman–Crippen LogP) is 0.667. The molecular formula is C11H15N3O. The quantitative estimate of drug-likeness (QED) is 0.582. The summed E-state index contributed by atoms with van der Waals surface area (Å²) in [6, 6.07) is 1.84. The van der Waals surface area contributed by atoms with E-state index in [-0.39, 0.29) is 6.61 Å². The number of hydrogen-bond donors (Lipinski definition) is 1. The summed E-state index contributed by atoms with van der Waals surface area (Å²) >= 11 is 0. The lowest BCUT2D eigenvalue weighted by Crippen LogP contribution is -2.10. The lowest BCUT2D eigenvalue weighted by Gasteiger charge is -2.09. The normalized spacial score (nSPS) is 9.27. The summed E-state index contributed by atoms with van der Waals surface area (Å²) in [5.74, 6) is 6.73. The van der Waals surface area contributed by atoms with Crippen molar-refractivity contribution in [1.29, 1.82) is 0 Å². The fourth-order valence-corrected chi connectivity index (χ4v) is 0.980. The highest BCUT2D eigenvalue weighted by molar-refractivity contribution is 5.41. The minimum Gasteiger partial charge on any atom is -0.396 e. The molecule has 0 aromatic carbocycles. The summed E-state index contributed by atoms with van der Waals surface area (Å²) in [5.41, 5.74) is 0.714. The highest BCUT2D eigenvalue weighted by Gasteiger charge is 1.97. The molecule has 0 bridgehead atoms. The molecule has 1 N–H and O–H groups in total. The van der Waals surface area contributed by atoms with Crippen LogP contribution in [0, 0.1) is 11.8 Å². The molecule has 15 heavy (non-hydrogen) atoms. The standard InChI is InChI=1S/C11H15N3O/c1-14(2)11-8-10(12-9-13-11)6-4-3-5-7-15/h8-9,15H,3,5,7H2,1-2H3. The molecule has 0 saturated carbocycles. The molecule has 0 aliphatic rings. The average molecular weight is 205 g/mol. The van der Waals surface area contributed by atoms with E-state index in [9.17, 15) is 0 Å². The third kappa shape index (κ3) is 3.96. The first kappa shape index (κ1) is 11.5. The smallest absolute Gasteiger partial charge is 0.132 e. The summed E-state index contributed by atoms with van der Waals surface area (Å²) in [7, 11) is 3.84. The van der Waals surface area contributed by atoms with Crippen molar-refractivity contribution < 1.29 is 5.11 Å². The minimum absolute atomic E-state index is 0.182. The molecule has 80 valence electrons. The molecule has 1 aromatic rings. The van der Waals surface area contributed by atoms with Crippen LogP contribution in [0.2, 0.25) is 0 Å².